The van der Waals surface area contributed by atoms with Crippen molar-refractivity contribution in [2.45, 2.75) is 13.8 Å². The van der Waals surface area contributed by atoms with Crippen LogP contribution in [0.4, 0.5) is 5.69 Å². The Hall–Kier alpha value is -3.01. The minimum atomic E-state index is -0.409. The molecule has 1 N–H and O–H groups in total. The molecule has 1 aliphatic heterocycles. The lowest BCUT2D eigenvalue weighted by Crippen LogP contribution is -2.36. The Labute approximate surface area is 209 Å². The first-order chi connectivity index (χ1) is 16.4. The Morgan fingerprint density at radius 2 is 1.76 bits per heavy atom. The standard InChI is InChI=1S/C25H27N3O4S2/c1-3-27(4-2)14-15-32-24(31)19-10-12-20(13-11-19)26-22(29)17-28-23(30)21(34-25(28)33)16-18-8-6-5-7-9-18/h5-13,16H,3-4,14-15,17H2,1-2H3,(H,26,29)/b21-16+. The van der Waals surface area contributed by atoms with E-state index < -0.39 is 5.97 Å². The topological polar surface area (TPSA) is 79.0 Å². The van der Waals surface area contributed by atoms with E-state index in [9.17, 15) is 14.4 Å². The highest BCUT2D eigenvalue weighted by Crippen LogP contribution is 2.32. The van der Waals surface area contributed by atoms with Gasteiger partial charge in [0.1, 0.15) is 17.5 Å². The fraction of sp³-hybridized carbons (Fsp3) is 0.280. The molecule has 178 valence electrons. The number of rotatable bonds is 10. The van der Waals surface area contributed by atoms with Gasteiger partial charge in [-0.25, -0.2) is 4.79 Å². The molecule has 2 amide bonds. The fourth-order valence-corrected chi connectivity index (χ4v) is 4.52. The molecule has 3 rings (SSSR count). The SMILES string of the molecule is CCN(CC)CCOC(=O)c1ccc(NC(=O)CN2C(=O)/C(=C\c3ccccc3)SC2=S)cc1. The van der Waals surface area contributed by atoms with Crippen LogP contribution in [0.1, 0.15) is 29.8 Å². The van der Waals surface area contributed by atoms with Gasteiger partial charge < -0.3 is 15.0 Å². The number of carbonyl (C=O) groups excluding carboxylic acids is 3. The van der Waals surface area contributed by atoms with Crippen LogP contribution in [0.15, 0.2) is 59.5 Å². The van der Waals surface area contributed by atoms with E-state index in [1.807, 2.05) is 30.3 Å². The van der Waals surface area contributed by atoms with Gasteiger partial charge in [-0.1, -0.05) is 68.2 Å². The number of benzene rings is 2. The van der Waals surface area contributed by atoms with Crippen molar-refractivity contribution >= 4 is 57.8 Å². The molecule has 1 aliphatic rings. The number of hydrogen-bond acceptors (Lipinski definition) is 7. The monoisotopic (exact) mass is 497 g/mol. The summed E-state index contributed by atoms with van der Waals surface area (Å²) in [5.74, 6) is -1.09. The minimum Gasteiger partial charge on any atom is -0.461 e. The zero-order valence-electron chi connectivity index (χ0n) is 19.2. The van der Waals surface area contributed by atoms with Gasteiger partial charge in [0.05, 0.1) is 10.5 Å². The number of ether oxygens (including phenoxy) is 1. The minimum absolute atomic E-state index is 0.189. The second-order valence-corrected chi connectivity index (χ2v) is 9.14. The summed E-state index contributed by atoms with van der Waals surface area (Å²) in [6.07, 6.45) is 1.76. The molecule has 1 heterocycles. The first-order valence-electron chi connectivity index (χ1n) is 11.0. The number of hydrogen-bond donors (Lipinski definition) is 1. The normalized spacial score (nSPS) is 14.7. The number of carbonyl (C=O) groups is 3. The van der Waals surface area contributed by atoms with Crippen molar-refractivity contribution in [1.82, 2.24) is 9.80 Å². The van der Waals surface area contributed by atoms with E-state index in [1.165, 1.54) is 16.7 Å². The van der Waals surface area contributed by atoms with Crippen molar-refractivity contribution in [2.24, 2.45) is 0 Å². The summed E-state index contributed by atoms with van der Waals surface area (Å²) >= 11 is 6.47. The van der Waals surface area contributed by atoms with Crippen LogP contribution in [0.2, 0.25) is 0 Å². The van der Waals surface area contributed by atoms with Crippen molar-refractivity contribution < 1.29 is 19.1 Å². The number of anilines is 1. The Balaban J connectivity index is 1.52. The molecule has 0 aliphatic carbocycles. The van der Waals surface area contributed by atoms with Crippen molar-refractivity contribution in [3.63, 3.8) is 0 Å². The van der Waals surface area contributed by atoms with Gasteiger partial charge in [-0.3, -0.25) is 14.5 Å². The number of amides is 2. The lowest BCUT2D eigenvalue weighted by Gasteiger charge is -2.17. The summed E-state index contributed by atoms with van der Waals surface area (Å²) in [6.45, 7) is 6.74. The van der Waals surface area contributed by atoms with Crippen LogP contribution in [0, 0.1) is 0 Å². The van der Waals surface area contributed by atoms with Crippen LogP contribution >= 0.6 is 24.0 Å². The maximum Gasteiger partial charge on any atom is 0.338 e. The second kappa shape index (κ2) is 12.5. The molecule has 7 nitrogen and oxygen atoms in total. The first kappa shape index (κ1) is 25.6. The summed E-state index contributed by atoms with van der Waals surface area (Å²) < 4.78 is 5.65. The molecule has 0 radical (unpaired) electrons. The van der Waals surface area contributed by atoms with E-state index in [2.05, 4.69) is 24.1 Å². The summed E-state index contributed by atoms with van der Waals surface area (Å²) in [5.41, 5.74) is 1.80. The van der Waals surface area contributed by atoms with Crippen molar-refractivity contribution in [3.8, 4) is 0 Å². The van der Waals surface area contributed by atoms with E-state index in [0.717, 1.165) is 18.7 Å². The lowest BCUT2D eigenvalue weighted by atomic mass is 10.2. The highest BCUT2D eigenvalue weighted by atomic mass is 32.2. The molecule has 0 aromatic heterocycles. The Bertz CT molecular complexity index is 1070. The number of nitrogens with zero attached hydrogens (tertiary/aromatic N) is 2. The molecule has 0 bridgehead atoms. The zero-order valence-corrected chi connectivity index (χ0v) is 20.8. The smallest absolute Gasteiger partial charge is 0.338 e. The Morgan fingerprint density at radius 3 is 2.41 bits per heavy atom. The molecule has 9 heteroatoms. The summed E-state index contributed by atoms with van der Waals surface area (Å²) in [4.78, 5) is 41.4. The molecule has 1 fully saturated rings. The number of esters is 1. The fourth-order valence-electron chi connectivity index (χ4n) is 3.26. The summed E-state index contributed by atoms with van der Waals surface area (Å²) in [6, 6.07) is 15.9. The van der Waals surface area contributed by atoms with Gasteiger partial charge >= 0.3 is 5.97 Å². The number of nitrogens with one attached hydrogen (secondary N) is 1. The van der Waals surface area contributed by atoms with Gasteiger partial charge in [-0.2, -0.15) is 0 Å². The number of thioether (sulfide) groups is 1. The highest BCUT2D eigenvalue weighted by Gasteiger charge is 2.33. The molecule has 2 aromatic rings. The van der Waals surface area contributed by atoms with Crippen LogP contribution in [0.3, 0.4) is 0 Å². The van der Waals surface area contributed by atoms with Gasteiger partial charge in [0.15, 0.2) is 0 Å². The van der Waals surface area contributed by atoms with Gasteiger partial charge in [0.25, 0.3) is 5.91 Å². The van der Waals surface area contributed by atoms with E-state index in [-0.39, 0.29) is 18.4 Å². The molecule has 1 saturated heterocycles. The molecule has 34 heavy (non-hydrogen) atoms. The molecule has 0 unspecified atom stereocenters. The van der Waals surface area contributed by atoms with Crippen molar-refractivity contribution in [2.75, 3.05) is 38.1 Å². The molecular weight excluding hydrogens is 470 g/mol. The van der Waals surface area contributed by atoms with E-state index in [4.69, 9.17) is 17.0 Å². The second-order valence-electron chi connectivity index (χ2n) is 7.47. The number of likely N-dealkylation sites (N-methyl/N-ethyl adjacent to an activating group) is 1. The zero-order chi connectivity index (χ0) is 24.5. The third-order valence-electron chi connectivity index (χ3n) is 5.21. The largest absolute Gasteiger partial charge is 0.461 e. The predicted octanol–water partition coefficient (Wildman–Crippen LogP) is 4.03. The average molecular weight is 498 g/mol. The van der Waals surface area contributed by atoms with Gasteiger partial charge in [0, 0.05) is 12.2 Å². The molecule has 0 spiro atoms. The third-order valence-corrected chi connectivity index (χ3v) is 6.59. The van der Waals surface area contributed by atoms with Gasteiger partial charge in [-0.05, 0) is 49.0 Å². The van der Waals surface area contributed by atoms with Gasteiger partial charge in [0.2, 0.25) is 5.91 Å². The molecule has 0 atom stereocenters. The first-order valence-corrected chi connectivity index (χ1v) is 12.2. The van der Waals surface area contributed by atoms with Crippen LogP contribution in [0.25, 0.3) is 6.08 Å². The van der Waals surface area contributed by atoms with Gasteiger partial charge in [-0.15, -0.1) is 0 Å². The van der Waals surface area contributed by atoms with Crippen LogP contribution in [-0.2, 0) is 14.3 Å². The third kappa shape index (κ3) is 6.99. The van der Waals surface area contributed by atoms with E-state index in [0.29, 0.717) is 33.6 Å². The molecule has 0 saturated carbocycles. The quantitative estimate of drug-likeness (QED) is 0.302. The maximum absolute atomic E-state index is 12.7. The lowest BCUT2D eigenvalue weighted by molar-refractivity contribution is -0.126. The van der Waals surface area contributed by atoms with Crippen LogP contribution < -0.4 is 5.32 Å². The molecular formula is C25H27N3O4S2. The Kier molecular flexibility index (Phi) is 9.38. The van der Waals surface area contributed by atoms with Crippen molar-refractivity contribution in [1.29, 1.82) is 0 Å². The summed E-state index contributed by atoms with van der Waals surface area (Å²) in [7, 11) is 0. The highest BCUT2D eigenvalue weighted by molar-refractivity contribution is 8.26. The summed E-state index contributed by atoms with van der Waals surface area (Å²) in [5, 5.41) is 2.73. The average Bonchev–Trinajstić information content (AvgIpc) is 3.10. The van der Waals surface area contributed by atoms with Crippen LogP contribution in [-0.4, -0.2) is 64.7 Å². The van der Waals surface area contributed by atoms with E-state index in [1.54, 1.807) is 30.3 Å². The maximum atomic E-state index is 12.7. The molecule has 2 aromatic carbocycles. The number of thiocarbonyl (C=S) groups is 1. The predicted molar refractivity (Wildman–Crippen MR) is 139 cm³/mol. The Morgan fingerprint density at radius 1 is 1.09 bits per heavy atom. The van der Waals surface area contributed by atoms with Crippen molar-refractivity contribution in [3.05, 3.63) is 70.6 Å². The van der Waals surface area contributed by atoms with Crippen LogP contribution in [0.5, 0.6) is 0 Å². The van der Waals surface area contributed by atoms with E-state index >= 15 is 0 Å².